The lowest BCUT2D eigenvalue weighted by atomic mass is 9.94. The van der Waals surface area contributed by atoms with Gasteiger partial charge in [0.15, 0.2) is 0 Å². The van der Waals surface area contributed by atoms with Crippen molar-refractivity contribution in [2.75, 3.05) is 57.2 Å². The molecule has 152 valence electrons. The molecule has 0 bridgehead atoms. The van der Waals surface area contributed by atoms with Crippen molar-refractivity contribution >= 4 is 11.8 Å². The molecule has 0 aromatic carbocycles. The molecule has 2 fully saturated rings. The number of rotatable bonds is 5. The first-order valence-corrected chi connectivity index (χ1v) is 10.0. The molecule has 0 aliphatic carbocycles. The molecular weight excluding hydrogens is 354 g/mol. The number of piperidine rings is 1. The summed E-state index contributed by atoms with van der Waals surface area (Å²) < 4.78 is 7.83. The molecule has 0 N–H and O–H groups in total. The summed E-state index contributed by atoms with van der Waals surface area (Å²) in [6.07, 6.45) is 8.17. The molecule has 0 spiro atoms. The Morgan fingerprint density at radius 2 is 1.93 bits per heavy atom. The maximum atomic E-state index is 5.70. The van der Waals surface area contributed by atoms with Crippen LogP contribution in [0.3, 0.4) is 0 Å². The van der Waals surface area contributed by atoms with Gasteiger partial charge in [0.1, 0.15) is 5.82 Å². The summed E-state index contributed by atoms with van der Waals surface area (Å²) in [5.74, 6) is 2.39. The highest BCUT2D eigenvalue weighted by Gasteiger charge is 2.35. The minimum absolute atomic E-state index is 0.197. The number of aryl methyl sites for hydroxylation is 1. The number of hydrogen-bond acceptors (Lipinski definition) is 7. The lowest BCUT2D eigenvalue weighted by molar-refractivity contribution is 0.0639. The van der Waals surface area contributed by atoms with E-state index < -0.39 is 0 Å². The van der Waals surface area contributed by atoms with E-state index in [0.29, 0.717) is 12.0 Å². The molecule has 0 saturated carbocycles. The van der Waals surface area contributed by atoms with Crippen LogP contribution in [-0.2, 0) is 11.8 Å². The third-order valence-corrected chi connectivity index (χ3v) is 6.21. The highest BCUT2D eigenvalue weighted by molar-refractivity contribution is 5.46. The van der Waals surface area contributed by atoms with E-state index in [-0.39, 0.29) is 6.10 Å². The van der Waals surface area contributed by atoms with E-state index in [1.54, 1.807) is 7.11 Å². The van der Waals surface area contributed by atoms with E-state index in [9.17, 15) is 0 Å². The second-order valence-electron chi connectivity index (χ2n) is 8.12. The van der Waals surface area contributed by atoms with Gasteiger partial charge >= 0.3 is 0 Å². The van der Waals surface area contributed by atoms with Gasteiger partial charge < -0.3 is 24.0 Å². The first kappa shape index (κ1) is 19.1. The van der Waals surface area contributed by atoms with Crippen molar-refractivity contribution in [3.8, 4) is 0 Å². The minimum atomic E-state index is 0.197. The van der Waals surface area contributed by atoms with Gasteiger partial charge in [-0.15, -0.1) is 0 Å². The van der Waals surface area contributed by atoms with E-state index in [1.807, 2.05) is 24.8 Å². The summed E-state index contributed by atoms with van der Waals surface area (Å²) in [6.45, 7) is 3.73. The number of hydrogen-bond donors (Lipinski definition) is 0. The topological polar surface area (TPSA) is 62.6 Å². The van der Waals surface area contributed by atoms with Crippen molar-refractivity contribution < 1.29 is 4.74 Å². The van der Waals surface area contributed by atoms with E-state index in [0.717, 1.165) is 50.8 Å². The quantitative estimate of drug-likeness (QED) is 0.770. The molecule has 2 aromatic rings. The summed E-state index contributed by atoms with van der Waals surface area (Å²) in [7, 11) is 8.09. The largest absolute Gasteiger partial charge is 0.378 e. The molecule has 2 aliphatic rings. The zero-order valence-corrected chi connectivity index (χ0v) is 17.3. The van der Waals surface area contributed by atoms with Crippen LogP contribution in [0.1, 0.15) is 24.5 Å². The Morgan fingerprint density at radius 3 is 2.54 bits per heavy atom. The zero-order valence-electron chi connectivity index (χ0n) is 17.3. The summed E-state index contributed by atoms with van der Waals surface area (Å²) in [5.41, 5.74) is 1.33. The van der Waals surface area contributed by atoms with Crippen LogP contribution in [0.15, 0.2) is 24.8 Å². The Balaban J connectivity index is 1.43. The fourth-order valence-electron chi connectivity index (χ4n) is 4.48. The second-order valence-corrected chi connectivity index (χ2v) is 8.12. The smallest absolute Gasteiger partial charge is 0.227 e. The van der Waals surface area contributed by atoms with Crippen molar-refractivity contribution in [2.24, 2.45) is 7.05 Å². The van der Waals surface area contributed by atoms with Crippen LogP contribution < -0.4 is 9.80 Å². The molecule has 2 aromatic heterocycles. The van der Waals surface area contributed by atoms with E-state index in [1.165, 1.54) is 5.69 Å². The maximum absolute atomic E-state index is 5.70. The Morgan fingerprint density at radius 1 is 1.14 bits per heavy atom. The van der Waals surface area contributed by atoms with Gasteiger partial charge in [0.25, 0.3) is 0 Å². The first-order chi connectivity index (χ1) is 13.6. The molecule has 0 amide bonds. The standard InChI is InChI=1S/C20H31N7O/c1-24(2)17-12-27(13-18(17)28-4)19-5-8-22-20(23-19)26-9-6-15(7-10-26)16-11-21-14-25(16)3/h5,8,11,14-15,17-18H,6-7,9-10,12-13H2,1-4H3/t17-,18+/m0/s1. The van der Waals surface area contributed by atoms with Gasteiger partial charge in [0.05, 0.1) is 18.5 Å². The maximum Gasteiger partial charge on any atom is 0.227 e. The molecule has 2 atom stereocenters. The lowest BCUT2D eigenvalue weighted by Gasteiger charge is -2.32. The van der Waals surface area contributed by atoms with Crippen LogP contribution in [0.25, 0.3) is 0 Å². The lowest BCUT2D eigenvalue weighted by Crippen LogP contribution is -2.39. The molecule has 28 heavy (non-hydrogen) atoms. The summed E-state index contributed by atoms with van der Waals surface area (Å²) >= 11 is 0. The highest BCUT2D eigenvalue weighted by atomic mass is 16.5. The Bertz CT molecular complexity index is 784. The fourth-order valence-corrected chi connectivity index (χ4v) is 4.48. The summed E-state index contributed by atoms with van der Waals surface area (Å²) in [4.78, 5) is 20.6. The molecule has 2 aliphatic heterocycles. The van der Waals surface area contributed by atoms with Gasteiger partial charge in [-0.2, -0.15) is 4.98 Å². The van der Waals surface area contributed by atoms with Crippen LogP contribution in [0, 0.1) is 0 Å². The van der Waals surface area contributed by atoms with Gasteiger partial charge in [0, 0.05) is 64.3 Å². The SMILES string of the molecule is CO[C@@H]1CN(c2ccnc(N3CCC(c4cncn4C)CC3)n2)C[C@@H]1N(C)C. The number of anilines is 2. The molecule has 4 rings (SSSR count). The van der Waals surface area contributed by atoms with Crippen LogP contribution in [0.5, 0.6) is 0 Å². The molecule has 0 radical (unpaired) electrons. The summed E-state index contributed by atoms with van der Waals surface area (Å²) in [6, 6.07) is 2.38. The van der Waals surface area contributed by atoms with E-state index >= 15 is 0 Å². The molecule has 4 heterocycles. The van der Waals surface area contributed by atoms with Crippen molar-refractivity contribution in [1.29, 1.82) is 0 Å². The molecule has 0 unspecified atom stereocenters. The normalized spacial score (nSPS) is 23.8. The van der Waals surface area contributed by atoms with Crippen molar-refractivity contribution in [2.45, 2.75) is 30.9 Å². The predicted molar refractivity (Wildman–Crippen MR) is 110 cm³/mol. The molecular formula is C20H31N7O. The fraction of sp³-hybridized carbons (Fsp3) is 0.650. The van der Waals surface area contributed by atoms with E-state index in [4.69, 9.17) is 9.72 Å². The average molecular weight is 386 g/mol. The highest BCUT2D eigenvalue weighted by Crippen LogP contribution is 2.30. The number of nitrogens with zero attached hydrogens (tertiary/aromatic N) is 7. The molecule has 8 nitrogen and oxygen atoms in total. The van der Waals surface area contributed by atoms with Gasteiger partial charge in [-0.1, -0.05) is 0 Å². The average Bonchev–Trinajstić information content (AvgIpc) is 3.34. The monoisotopic (exact) mass is 385 g/mol. The van der Waals surface area contributed by atoms with Crippen molar-refractivity contribution in [1.82, 2.24) is 24.4 Å². The Hall–Kier alpha value is -2.19. The van der Waals surface area contributed by atoms with Crippen LogP contribution in [-0.4, -0.2) is 83.9 Å². The van der Waals surface area contributed by atoms with Crippen LogP contribution in [0.4, 0.5) is 11.8 Å². The number of imidazole rings is 1. The third-order valence-electron chi connectivity index (χ3n) is 6.21. The second kappa shape index (κ2) is 8.05. The van der Waals surface area contributed by atoms with E-state index in [2.05, 4.69) is 50.4 Å². The zero-order chi connectivity index (χ0) is 19.7. The minimum Gasteiger partial charge on any atom is -0.378 e. The third kappa shape index (κ3) is 3.71. The molecule has 8 heteroatoms. The van der Waals surface area contributed by atoms with Crippen molar-refractivity contribution in [3.05, 3.63) is 30.5 Å². The predicted octanol–water partition coefficient (Wildman–Crippen LogP) is 1.36. The number of aromatic nitrogens is 4. The Kier molecular flexibility index (Phi) is 5.50. The first-order valence-electron chi connectivity index (χ1n) is 10.0. The van der Waals surface area contributed by atoms with Gasteiger partial charge in [-0.05, 0) is 33.0 Å². The van der Waals surface area contributed by atoms with Crippen molar-refractivity contribution in [3.63, 3.8) is 0 Å². The van der Waals surface area contributed by atoms with Crippen LogP contribution in [0.2, 0.25) is 0 Å². The van der Waals surface area contributed by atoms with Gasteiger partial charge in [-0.25, -0.2) is 9.97 Å². The van der Waals surface area contributed by atoms with Crippen LogP contribution >= 0.6 is 0 Å². The van der Waals surface area contributed by atoms with Gasteiger partial charge in [0.2, 0.25) is 5.95 Å². The number of likely N-dealkylation sites (N-methyl/N-ethyl adjacent to an activating group) is 1. The Labute approximate surface area is 167 Å². The number of methoxy groups -OCH3 is 1. The molecule has 2 saturated heterocycles. The van der Waals surface area contributed by atoms with Gasteiger partial charge in [-0.3, -0.25) is 0 Å². The summed E-state index contributed by atoms with van der Waals surface area (Å²) in [5, 5.41) is 0. The number of ether oxygens (including phenoxy) is 1.